The van der Waals surface area contributed by atoms with E-state index in [1.807, 2.05) is 0 Å². The Morgan fingerprint density at radius 3 is 2.29 bits per heavy atom. The number of nitrogens with one attached hydrogen (secondary N) is 1. The van der Waals surface area contributed by atoms with Gasteiger partial charge in [-0.15, -0.1) is 11.3 Å². The quantitative estimate of drug-likeness (QED) is 0.337. The average molecular weight is 541 g/mol. The zero-order valence-corrected chi connectivity index (χ0v) is 22.0. The largest absolute Gasteiger partial charge is 0.477 e. The summed E-state index contributed by atoms with van der Waals surface area (Å²) >= 11 is 0.964. The highest BCUT2D eigenvalue weighted by Crippen LogP contribution is 2.40. The van der Waals surface area contributed by atoms with Crippen LogP contribution in [-0.2, 0) is 22.3 Å². The van der Waals surface area contributed by atoms with Crippen LogP contribution in [0.2, 0.25) is 0 Å². The van der Waals surface area contributed by atoms with E-state index in [9.17, 15) is 23.9 Å². The monoisotopic (exact) mass is 540 g/mol. The van der Waals surface area contributed by atoms with Crippen LogP contribution in [-0.4, -0.2) is 47.8 Å². The zero-order valence-electron chi connectivity index (χ0n) is 21.2. The third-order valence-electron chi connectivity index (χ3n) is 6.28. The van der Waals surface area contributed by atoms with Gasteiger partial charge in [0.2, 0.25) is 0 Å². The Bertz CT molecular complexity index is 1330. The standard InChI is InChI=1S/C28H29FN2O6S/c1-3-36-27(34)22-18(12-9-16-7-10-17(29)11-8-16)31-25(19-6-5-15-30-19)24(28(35)37-4-2)23(22)20-13-14-21(38-20)26(32)33/h7-8,10-11,13-14,19,30H,3-6,9,12,15H2,1-2H3,(H,32,33)/t19-/m0/s1. The van der Waals surface area contributed by atoms with Crippen molar-refractivity contribution < 1.29 is 33.4 Å². The number of carboxylic acids is 1. The predicted octanol–water partition coefficient (Wildman–Crippen LogP) is 5.21. The van der Waals surface area contributed by atoms with Gasteiger partial charge in [-0.1, -0.05) is 12.1 Å². The van der Waals surface area contributed by atoms with Gasteiger partial charge in [0, 0.05) is 10.4 Å². The second kappa shape index (κ2) is 12.3. The number of nitrogens with zero attached hydrogens (tertiary/aromatic N) is 1. The molecule has 1 saturated heterocycles. The lowest BCUT2D eigenvalue weighted by molar-refractivity contribution is 0.0522. The minimum absolute atomic E-state index is 0.0647. The summed E-state index contributed by atoms with van der Waals surface area (Å²) in [6.07, 6.45) is 2.39. The first-order chi connectivity index (χ1) is 18.3. The van der Waals surface area contributed by atoms with Crippen LogP contribution in [0.5, 0.6) is 0 Å². The normalized spacial score (nSPS) is 14.9. The zero-order chi connectivity index (χ0) is 27.2. The van der Waals surface area contributed by atoms with Gasteiger partial charge in [0.25, 0.3) is 0 Å². The number of thiophene rings is 1. The van der Waals surface area contributed by atoms with Crippen molar-refractivity contribution in [1.29, 1.82) is 0 Å². The number of aromatic nitrogens is 1. The average Bonchev–Trinajstić information content (AvgIpc) is 3.60. The molecule has 38 heavy (non-hydrogen) atoms. The molecule has 1 aliphatic heterocycles. The third-order valence-corrected chi connectivity index (χ3v) is 7.37. The maximum atomic E-state index is 13.4. The summed E-state index contributed by atoms with van der Waals surface area (Å²) in [4.78, 5) is 43.9. The maximum Gasteiger partial charge on any atom is 0.345 e. The molecule has 3 aromatic rings. The first-order valence-corrected chi connectivity index (χ1v) is 13.4. The number of benzene rings is 1. The summed E-state index contributed by atoms with van der Waals surface area (Å²) in [6.45, 7) is 4.33. The van der Waals surface area contributed by atoms with Gasteiger partial charge < -0.3 is 19.9 Å². The van der Waals surface area contributed by atoms with Gasteiger partial charge in [-0.3, -0.25) is 4.98 Å². The molecule has 200 valence electrons. The molecule has 2 aromatic heterocycles. The summed E-state index contributed by atoms with van der Waals surface area (Å²) in [5.41, 5.74) is 2.25. The molecular weight excluding hydrogens is 511 g/mol. The molecule has 0 aliphatic carbocycles. The van der Waals surface area contributed by atoms with E-state index in [1.54, 1.807) is 32.0 Å². The van der Waals surface area contributed by atoms with Crippen molar-refractivity contribution >= 4 is 29.2 Å². The van der Waals surface area contributed by atoms with Gasteiger partial charge in [0.1, 0.15) is 10.7 Å². The molecule has 1 atom stereocenters. The first kappa shape index (κ1) is 27.4. The Hall–Kier alpha value is -3.63. The molecule has 2 N–H and O–H groups in total. The lowest BCUT2D eigenvalue weighted by Crippen LogP contribution is -2.24. The Balaban J connectivity index is 1.98. The molecule has 0 spiro atoms. The van der Waals surface area contributed by atoms with Gasteiger partial charge in [0.05, 0.1) is 41.8 Å². The lowest BCUT2D eigenvalue weighted by atomic mass is 9.91. The molecule has 10 heteroatoms. The fourth-order valence-electron chi connectivity index (χ4n) is 4.59. The number of carbonyl (C=O) groups is 3. The molecule has 0 radical (unpaired) electrons. The Kier molecular flexibility index (Phi) is 8.85. The number of carboxylic acid groups (broad SMARTS) is 1. The number of esters is 2. The fourth-order valence-corrected chi connectivity index (χ4v) is 5.49. The number of halogens is 1. The fraction of sp³-hybridized carbons (Fsp3) is 0.357. The number of rotatable bonds is 10. The molecule has 0 saturated carbocycles. The number of hydrogen-bond acceptors (Lipinski definition) is 8. The van der Waals surface area contributed by atoms with Crippen molar-refractivity contribution in [3.63, 3.8) is 0 Å². The number of carbonyl (C=O) groups excluding carboxylic acids is 2. The van der Waals surface area contributed by atoms with Crippen LogP contribution in [0.15, 0.2) is 36.4 Å². The van der Waals surface area contributed by atoms with Crippen LogP contribution in [0.1, 0.15) is 80.1 Å². The van der Waals surface area contributed by atoms with Gasteiger partial charge in [-0.05, 0) is 75.9 Å². The highest BCUT2D eigenvalue weighted by Gasteiger charge is 2.34. The number of pyridine rings is 1. The van der Waals surface area contributed by atoms with Crippen molar-refractivity contribution in [1.82, 2.24) is 10.3 Å². The van der Waals surface area contributed by atoms with Crippen molar-refractivity contribution in [3.8, 4) is 10.4 Å². The second-order valence-electron chi connectivity index (χ2n) is 8.75. The molecule has 1 fully saturated rings. The number of aromatic carboxylic acids is 1. The second-order valence-corrected chi connectivity index (χ2v) is 9.84. The molecule has 1 aromatic carbocycles. The molecule has 8 nitrogen and oxygen atoms in total. The number of hydrogen-bond donors (Lipinski definition) is 2. The van der Waals surface area contributed by atoms with E-state index in [0.29, 0.717) is 29.1 Å². The van der Waals surface area contributed by atoms with Crippen LogP contribution in [0.3, 0.4) is 0 Å². The highest BCUT2D eigenvalue weighted by atomic mass is 32.1. The van der Waals surface area contributed by atoms with Gasteiger partial charge in [-0.25, -0.2) is 18.8 Å². The van der Waals surface area contributed by atoms with Crippen molar-refractivity contribution in [2.45, 2.75) is 45.6 Å². The van der Waals surface area contributed by atoms with Crippen LogP contribution in [0, 0.1) is 5.82 Å². The van der Waals surface area contributed by atoms with Gasteiger partial charge >= 0.3 is 17.9 Å². The van der Waals surface area contributed by atoms with Crippen LogP contribution >= 0.6 is 11.3 Å². The van der Waals surface area contributed by atoms with Crippen LogP contribution < -0.4 is 5.32 Å². The van der Waals surface area contributed by atoms with Crippen LogP contribution in [0.4, 0.5) is 4.39 Å². The van der Waals surface area contributed by atoms with Gasteiger partial charge in [0.15, 0.2) is 0 Å². The van der Waals surface area contributed by atoms with Crippen LogP contribution in [0.25, 0.3) is 10.4 Å². The number of ether oxygens (including phenoxy) is 2. The maximum absolute atomic E-state index is 13.4. The van der Waals surface area contributed by atoms with E-state index >= 15 is 0 Å². The van der Waals surface area contributed by atoms with E-state index in [4.69, 9.17) is 14.5 Å². The van der Waals surface area contributed by atoms with Crippen molar-refractivity contribution in [2.75, 3.05) is 19.8 Å². The predicted molar refractivity (Wildman–Crippen MR) is 140 cm³/mol. The SMILES string of the molecule is CCOC(=O)c1c(CCc2ccc(F)cc2)nc([C@@H]2CCCN2)c(C(=O)OCC)c1-c1ccc(C(=O)O)s1. The third kappa shape index (κ3) is 5.92. The molecular formula is C28H29FN2O6S. The topological polar surface area (TPSA) is 115 Å². The molecule has 4 rings (SSSR count). The molecule has 0 bridgehead atoms. The van der Waals surface area contributed by atoms with E-state index in [1.165, 1.54) is 18.2 Å². The summed E-state index contributed by atoms with van der Waals surface area (Å²) < 4.78 is 24.3. The van der Waals surface area contributed by atoms with E-state index in [-0.39, 0.29) is 46.6 Å². The minimum Gasteiger partial charge on any atom is -0.477 e. The summed E-state index contributed by atoms with van der Waals surface area (Å²) in [5, 5.41) is 12.9. The van der Waals surface area contributed by atoms with E-state index < -0.39 is 17.9 Å². The molecule has 0 amide bonds. The lowest BCUT2D eigenvalue weighted by Gasteiger charge is -2.22. The minimum atomic E-state index is -1.11. The molecule has 3 heterocycles. The Morgan fingerprint density at radius 2 is 1.71 bits per heavy atom. The molecule has 0 unspecified atom stereocenters. The van der Waals surface area contributed by atoms with Crippen molar-refractivity contribution in [2.24, 2.45) is 0 Å². The molecule has 1 aliphatic rings. The summed E-state index contributed by atoms with van der Waals surface area (Å²) in [6, 6.07) is 8.88. The van der Waals surface area contributed by atoms with Crippen molar-refractivity contribution in [3.05, 3.63) is 75.2 Å². The Labute approximate surface area is 223 Å². The highest BCUT2D eigenvalue weighted by molar-refractivity contribution is 7.17. The first-order valence-electron chi connectivity index (χ1n) is 12.6. The van der Waals surface area contributed by atoms with E-state index in [0.717, 1.165) is 36.3 Å². The number of aryl methyl sites for hydroxylation is 2. The summed E-state index contributed by atoms with van der Waals surface area (Å²) in [7, 11) is 0. The summed E-state index contributed by atoms with van der Waals surface area (Å²) in [5.74, 6) is -2.76. The Morgan fingerprint density at radius 1 is 1.03 bits per heavy atom. The smallest absolute Gasteiger partial charge is 0.345 e. The van der Waals surface area contributed by atoms with E-state index in [2.05, 4.69) is 5.32 Å². The van der Waals surface area contributed by atoms with Gasteiger partial charge in [-0.2, -0.15) is 0 Å².